The minimum absolute atomic E-state index is 0.348. The number of nitrogens with one attached hydrogen (secondary N) is 1. The van der Waals surface area contributed by atoms with Crippen LogP contribution in [0.15, 0.2) is 0 Å². The van der Waals surface area contributed by atoms with Crippen LogP contribution in [-0.4, -0.2) is 45.0 Å². The number of carbonyl (C=O) groups is 1. The van der Waals surface area contributed by atoms with E-state index in [1.165, 1.54) is 0 Å². The quantitative estimate of drug-likeness (QED) is 0.458. The third kappa shape index (κ3) is 6.69. The second-order valence-electron chi connectivity index (χ2n) is 3.33. The standard InChI is InChI=1S/C7H13NO.C2H8N2/c1-8-4-2-7(6-9)3-5-8;1-4-2-3/h6-7H,2-5H2,1H3;4H,2-3H2,1H3. The monoisotopic (exact) mass is 187 g/mol. The summed E-state index contributed by atoms with van der Waals surface area (Å²) in [4.78, 5) is 12.5. The molecule has 0 spiro atoms. The molecule has 0 radical (unpaired) electrons. The van der Waals surface area contributed by atoms with Gasteiger partial charge in [-0.05, 0) is 40.0 Å². The molecule has 1 rings (SSSR count). The molecule has 1 aliphatic rings. The first-order valence-corrected chi connectivity index (χ1v) is 4.73. The predicted molar refractivity (Wildman–Crippen MR) is 54.4 cm³/mol. The average molecular weight is 187 g/mol. The Morgan fingerprint density at radius 2 is 2.00 bits per heavy atom. The number of likely N-dealkylation sites (tertiary alicyclic amines) is 1. The van der Waals surface area contributed by atoms with E-state index in [-0.39, 0.29) is 0 Å². The summed E-state index contributed by atoms with van der Waals surface area (Å²) < 4.78 is 0. The van der Waals surface area contributed by atoms with Gasteiger partial charge in [0.1, 0.15) is 6.29 Å². The Morgan fingerprint density at radius 3 is 2.31 bits per heavy atom. The Kier molecular flexibility index (Phi) is 7.88. The van der Waals surface area contributed by atoms with Crippen molar-refractivity contribution >= 4 is 6.29 Å². The van der Waals surface area contributed by atoms with Crippen LogP contribution < -0.4 is 11.1 Å². The first-order chi connectivity index (χ1) is 6.24. The van der Waals surface area contributed by atoms with Crippen molar-refractivity contribution in [2.75, 3.05) is 33.9 Å². The molecule has 1 saturated heterocycles. The summed E-state index contributed by atoms with van der Waals surface area (Å²) in [6.07, 6.45) is 3.20. The predicted octanol–water partition coefficient (Wildman–Crippen LogP) is -0.351. The van der Waals surface area contributed by atoms with Crippen molar-refractivity contribution in [2.24, 2.45) is 11.7 Å². The first-order valence-electron chi connectivity index (χ1n) is 4.73. The van der Waals surface area contributed by atoms with Crippen molar-refractivity contribution in [1.29, 1.82) is 0 Å². The highest BCUT2D eigenvalue weighted by molar-refractivity contribution is 5.53. The van der Waals surface area contributed by atoms with Crippen LogP contribution in [0.5, 0.6) is 0 Å². The van der Waals surface area contributed by atoms with E-state index in [1.807, 2.05) is 0 Å². The lowest BCUT2D eigenvalue weighted by atomic mass is 9.99. The molecule has 0 saturated carbocycles. The molecule has 0 aromatic heterocycles. The van der Waals surface area contributed by atoms with Crippen LogP contribution in [0.1, 0.15) is 12.8 Å². The van der Waals surface area contributed by atoms with Crippen molar-refractivity contribution in [3.05, 3.63) is 0 Å². The van der Waals surface area contributed by atoms with Gasteiger partial charge in [0, 0.05) is 12.6 Å². The smallest absolute Gasteiger partial charge is 0.123 e. The van der Waals surface area contributed by atoms with Gasteiger partial charge in [-0.25, -0.2) is 0 Å². The SMILES string of the molecule is CN1CCC(C=O)CC1.CNCN. The number of nitrogens with two attached hydrogens (primary N) is 1. The van der Waals surface area contributed by atoms with Gasteiger partial charge in [-0.15, -0.1) is 0 Å². The van der Waals surface area contributed by atoms with Gasteiger partial charge in [0.05, 0.1) is 0 Å². The molecule has 4 heteroatoms. The van der Waals surface area contributed by atoms with Gasteiger partial charge in [-0.1, -0.05) is 0 Å². The highest BCUT2D eigenvalue weighted by Crippen LogP contribution is 2.12. The largest absolute Gasteiger partial charge is 0.319 e. The number of hydrogen-bond donors (Lipinski definition) is 2. The molecule has 0 aromatic carbocycles. The molecule has 0 aromatic rings. The normalized spacial score (nSPS) is 19.0. The molecule has 3 N–H and O–H groups in total. The van der Waals surface area contributed by atoms with Crippen LogP contribution in [0.2, 0.25) is 0 Å². The number of nitrogens with zero attached hydrogens (tertiary/aromatic N) is 1. The average Bonchev–Trinajstić information content (AvgIpc) is 2.19. The molecule has 0 unspecified atom stereocenters. The summed E-state index contributed by atoms with van der Waals surface area (Å²) in [5.74, 6) is 0.348. The molecule has 1 fully saturated rings. The van der Waals surface area contributed by atoms with Gasteiger partial charge in [0.2, 0.25) is 0 Å². The lowest BCUT2D eigenvalue weighted by Gasteiger charge is -2.25. The van der Waals surface area contributed by atoms with Crippen LogP contribution in [0.3, 0.4) is 0 Å². The van der Waals surface area contributed by atoms with E-state index >= 15 is 0 Å². The molecule has 4 nitrogen and oxygen atoms in total. The Morgan fingerprint density at radius 1 is 1.54 bits per heavy atom. The maximum absolute atomic E-state index is 10.2. The van der Waals surface area contributed by atoms with Crippen LogP contribution in [0.4, 0.5) is 0 Å². The fraction of sp³-hybridized carbons (Fsp3) is 0.889. The van der Waals surface area contributed by atoms with E-state index in [1.54, 1.807) is 7.05 Å². The van der Waals surface area contributed by atoms with Crippen LogP contribution in [-0.2, 0) is 4.79 Å². The minimum Gasteiger partial charge on any atom is -0.319 e. The molecule has 78 valence electrons. The number of piperidine rings is 1. The van der Waals surface area contributed by atoms with E-state index in [4.69, 9.17) is 5.73 Å². The molecule has 0 atom stereocenters. The van der Waals surface area contributed by atoms with Crippen LogP contribution in [0, 0.1) is 5.92 Å². The van der Waals surface area contributed by atoms with E-state index < -0.39 is 0 Å². The number of rotatable bonds is 2. The Balaban J connectivity index is 0.000000310. The maximum atomic E-state index is 10.2. The summed E-state index contributed by atoms with van der Waals surface area (Å²) in [6, 6.07) is 0. The van der Waals surface area contributed by atoms with Gasteiger partial charge in [-0.2, -0.15) is 0 Å². The summed E-state index contributed by atoms with van der Waals surface area (Å²) in [5, 5.41) is 2.71. The van der Waals surface area contributed by atoms with Crippen LogP contribution in [0.25, 0.3) is 0 Å². The van der Waals surface area contributed by atoms with Crippen LogP contribution >= 0.6 is 0 Å². The molecule has 0 aliphatic carbocycles. The zero-order valence-corrected chi connectivity index (χ0v) is 8.62. The highest BCUT2D eigenvalue weighted by atomic mass is 16.1. The zero-order chi connectivity index (χ0) is 10.1. The Hall–Kier alpha value is -0.450. The molecule has 13 heavy (non-hydrogen) atoms. The summed E-state index contributed by atoms with van der Waals surface area (Å²) >= 11 is 0. The maximum Gasteiger partial charge on any atom is 0.123 e. The van der Waals surface area contributed by atoms with Crippen molar-refractivity contribution < 1.29 is 4.79 Å². The topological polar surface area (TPSA) is 58.4 Å². The van der Waals surface area contributed by atoms with Gasteiger partial charge >= 0.3 is 0 Å². The highest BCUT2D eigenvalue weighted by Gasteiger charge is 2.14. The first kappa shape index (κ1) is 12.6. The van der Waals surface area contributed by atoms with Crippen molar-refractivity contribution in [2.45, 2.75) is 12.8 Å². The minimum atomic E-state index is 0.348. The summed E-state index contributed by atoms with van der Waals surface area (Å²) in [7, 11) is 3.90. The second-order valence-corrected chi connectivity index (χ2v) is 3.33. The third-order valence-electron chi connectivity index (χ3n) is 2.16. The van der Waals surface area contributed by atoms with Gasteiger partial charge < -0.3 is 20.7 Å². The molecule has 1 aliphatic heterocycles. The van der Waals surface area contributed by atoms with Crippen molar-refractivity contribution in [3.63, 3.8) is 0 Å². The molecule has 0 amide bonds. The number of carbonyl (C=O) groups excluding carboxylic acids is 1. The lowest BCUT2D eigenvalue weighted by molar-refractivity contribution is -0.112. The van der Waals surface area contributed by atoms with Gasteiger partial charge in [0.25, 0.3) is 0 Å². The Labute approximate surface area is 80.5 Å². The lowest BCUT2D eigenvalue weighted by Crippen LogP contribution is -2.30. The fourth-order valence-electron chi connectivity index (χ4n) is 1.16. The molecular formula is C9H21N3O. The number of aldehydes is 1. The van der Waals surface area contributed by atoms with E-state index in [2.05, 4.69) is 17.3 Å². The number of hydrogen-bond acceptors (Lipinski definition) is 4. The molecular weight excluding hydrogens is 166 g/mol. The zero-order valence-electron chi connectivity index (χ0n) is 8.62. The Bertz CT molecular complexity index is 120. The third-order valence-corrected chi connectivity index (χ3v) is 2.16. The molecule has 1 heterocycles. The molecule has 0 bridgehead atoms. The van der Waals surface area contributed by atoms with E-state index in [9.17, 15) is 4.79 Å². The summed E-state index contributed by atoms with van der Waals surface area (Å²) in [6.45, 7) is 2.74. The van der Waals surface area contributed by atoms with Crippen molar-refractivity contribution in [1.82, 2.24) is 10.2 Å². The second kappa shape index (κ2) is 8.16. The summed E-state index contributed by atoms with van der Waals surface area (Å²) in [5.41, 5.74) is 4.92. The van der Waals surface area contributed by atoms with E-state index in [0.29, 0.717) is 12.6 Å². The van der Waals surface area contributed by atoms with E-state index in [0.717, 1.165) is 32.2 Å². The van der Waals surface area contributed by atoms with Gasteiger partial charge in [-0.3, -0.25) is 0 Å². The fourth-order valence-corrected chi connectivity index (χ4v) is 1.16. The van der Waals surface area contributed by atoms with Crippen molar-refractivity contribution in [3.8, 4) is 0 Å². The van der Waals surface area contributed by atoms with Gasteiger partial charge in [0.15, 0.2) is 0 Å².